The van der Waals surface area contributed by atoms with Crippen molar-refractivity contribution >= 4 is 23.5 Å². The number of carboxylic acid groups (broad SMARTS) is 1. The van der Waals surface area contributed by atoms with Gasteiger partial charge in [-0.2, -0.15) is 4.39 Å². The number of amides is 2. The Balaban J connectivity index is 2.97. The molecule has 0 aromatic heterocycles. The maximum absolute atomic E-state index is 13.1. The fourth-order valence-corrected chi connectivity index (χ4v) is 1.44. The Bertz CT molecular complexity index is 618. The van der Waals surface area contributed by atoms with Crippen LogP contribution in [0.2, 0.25) is 0 Å². The first-order chi connectivity index (χ1) is 9.72. The number of rotatable bonds is 6. The highest BCUT2D eigenvalue weighted by Gasteiger charge is 2.24. The van der Waals surface area contributed by atoms with Crippen LogP contribution in [0.1, 0.15) is 16.8 Å². The minimum absolute atomic E-state index is 0.321. The smallest absolute Gasteiger partial charge is 0.326 e. The van der Waals surface area contributed by atoms with Crippen molar-refractivity contribution in [3.8, 4) is 0 Å². The van der Waals surface area contributed by atoms with Gasteiger partial charge in [-0.25, -0.2) is 4.79 Å². The molecule has 1 aromatic rings. The molecule has 0 saturated carbocycles. The van der Waals surface area contributed by atoms with Gasteiger partial charge in [0.05, 0.1) is 11.3 Å². The number of primary amides is 1. The van der Waals surface area contributed by atoms with Gasteiger partial charge in [0, 0.05) is 11.6 Å². The van der Waals surface area contributed by atoms with E-state index in [0.29, 0.717) is 12.1 Å². The zero-order chi connectivity index (χ0) is 16.2. The molecular formula is C11H10FN3O6. The molecule has 1 rings (SSSR count). The lowest BCUT2D eigenvalue weighted by atomic mass is 10.1. The summed E-state index contributed by atoms with van der Waals surface area (Å²) in [6.45, 7) is 0. The van der Waals surface area contributed by atoms with Crippen molar-refractivity contribution in [1.82, 2.24) is 5.32 Å². The summed E-state index contributed by atoms with van der Waals surface area (Å²) in [5.74, 6) is -4.60. The molecule has 0 saturated heterocycles. The van der Waals surface area contributed by atoms with E-state index in [1.807, 2.05) is 5.32 Å². The number of hydrogen-bond acceptors (Lipinski definition) is 5. The number of benzene rings is 1. The predicted octanol–water partition coefficient (Wildman–Crippen LogP) is -0.208. The molecule has 1 atom stereocenters. The molecule has 0 spiro atoms. The zero-order valence-corrected chi connectivity index (χ0v) is 10.4. The predicted molar refractivity (Wildman–Crippen MR) is 65.8 cm³/mol. The Labute approximate surface area is 116 Å². The Kier molecular flexibility index (Phi) is 4.89. The SMILES string of the molecule is NC(=O)CC(NC(=O)c1ccc(F)c([N+](=O)[O-])c1)C(=O)O. The Morgan fingerprint density at radius 2 is 2.05 bits per heavy atom. The molecule has 1 unspecified atom stereocenters. The highest BCUT2D eigenvalue weighted by atomic mass is 19.1. The highest BCUT2D eigenvalue weighted by molar-refractivity contribution is 5.98. The van der Waals surface area contributed by atoms with Gasteiger partial charge in [0.2, 0.25) is 11.7 Å². The average Bonchev–Trinajstić information content (AvgIpc) is 2.37. The average molecular weight is 299 g/mol. The summed E-state index contributed by atoms with van der Waals surface area (Å²) in [6, 6.07) is 0.727. The second kappa shape index (κ2) is 6.41. The zero-order valence-electron chi connectivity index (χ0n) is 10.4. The van der Waals surface area contributed by atoms with E-state index in [0.717, 1.165) is 6.07 Å². The number of carboxylic acids is 1. The first kappa shape index (κ1) is 16.0. The maximum Gasteiger partial charge on any atom is 0.326 e. The summed E-state index contributed by atoms with van der Waals surface area (Å²) in [4.78, 5) is 42.8. The molecule has 21 heavy (non-hydrogen) atoms. The number of carbonyl (C=O) groups is 3. The first-order valence-electron chi connectivity index (χ1n) is 5.48. The highest BCUT2D eigenvalue weighted by Crippen LogP contribution is 2.18. The van der Waals surface area contributed by atoms with Crippen molar-refractivity contribution in [2.75, 3.05) is 0 Å². The van der Waals surface area contributed by atoms with Crippen molar-refractivity contribution in [3.63, 3.8) is 0 Å². The van der Waals surface area contributed by atoms with Gasteiger partial charge in [-0.15, -0.1) is 0 Å². The fourth-order valence-electron chi connectivity index (χ4n) is 1.44. The lowest BCUT2D eigenvalue weighted by Crippen LogP contribution is -2.43. The summed E-state index contributed by atoms with van der Waals surface area (Å²) in [6.07, 6.45) is -0.648. The van der Waals surface area contributed by atoms with Crippen LogP contribution in [-0.2, 0) is 9.59 Å². The monoisotopic (exact) mass is 299 g/mol. The molecule has 0 bridgehead atoms. The topological polar surface area (TPSA) is 153 Å². The molecule has 1 aromatic carbocycles. The van der Waals surface area contributed by atoms with Gasteiger partial charge in [0.1, 0.15) is 6.04 Å². The van der Waals surface area contributed by atoms with E-state index in [1.54, 1.807) is 0 Å². The molecule has 0 heterocycles. The van der Waals surface area contributed by atoms with Crippen LogP contribution in [0.5, 0.6) is 0 Å². The largest absolute Gasteiger partial charge is 0.480 e. The molecule has 0 fully saturated rings. The van der Waals surface area contributed by atoms with Gasteiger partial charge in [-0.05, 0) is 12.1 Å². The summed E-state index contributed by atoms with van der Waals surface area (Å²) >= 11 is 0. The number of carbonyl (C=O) groups excluding carboxylic acids is 2. The fraction of sp³-hybridized carbons (Fsp3) is 0.182. The van der Waals surface area contributed by atoms with Crippen molar-refractivity contribution in [3.05, 3.63) is 39.7 Å². The van der Waals surface area contributed by atoms with Gasteiger partial charge < -0.3 is 16.2 Å². The lowest BCUT2D eigenvalue weighted by molar-refractivity contribution is -0.387. The summed E-state index contributed by atoms with van der Waals surface area (Å²) in [5.41, 5.74) is 3.59. The third-order valence-corrected chi connectivity index (χ3v) is 2.41. The number of nitrogens with zero attached hydrogens (tertiary/aromatic N) is 1. The van der Waals surface area contributed by atoms with Gasteiger partial charge >= 0.3 is 11.7 Å². The van der Waals surface area contributed by atoms with Crippen LogP contribution in [0.25, 0.3) is 0 Å². The molecule has 0 radical (unpaired) electrons. The van der Waals surface area contributed by atoms with Crippen molar-refractivity contribution < 1.29 is 28.8 Å². The van der Waals surface area contributed by atoms with Crippen molar-refractivity contribution in [2.45, 2.75) is 12.5 Å². The second-order valence-electron chi connectivity index (χ2n) is 3.96. The molecule has 112 valence electrons. The van der Waals surface area contributed by atoms with Crippen LogP contribution in [-0.4, -0.2) is 33.9 Å². The van der Waals surface area contributed by atoms with Crippen LogP contribution < -0.4 is 11.1 Å². The van der Waals surface area contributed by atoms with Gasteiger partial charge in [0.15, 0.2) is 0 Å². The van der Waals surface area contributed by atoms with Crippen molar-refractivity contribution in [2.24, 2.45) is 5.73 Å². The van der Waals surface area contributed by atoms with E-state index >= 15 is 0 Å². The number of nitro groups is 1. The van der Waals surface area contributed by atoms with E-state index in [4.69, 9.17) is 10.8 Å². The van der Waals surface area contributed by atoms with E-state index in [2.05, 4.69) is 0 Å². The van der Waals surface area contributed by atoms with E-state index in [-0.39, 0.29) is 5.56 Å². The van der Waals surface area contributed by atoms with E-state index in [1.165, 1.54) is 0 Å². The van der Waals surface area contributed by atoms with Crippen molar-refractivity contribution in [1.29, 1.82) is 0 Å². The molecule has 0 aliphatic heterocycles. The first-order valence-corrected chi connectivity index (χ1v) is 5.48. The Hall–Kier alpha value is -3.04. The number of nitrogens with one attached hydrogen (secondary N) is 1. The van der Waals surface area contributed by atoms with Gasteiger partial charge in [0.25, 0.3) is 5.91 Å². The van der Waals surface area contributed by atoms with Crippen LogP contribution in [0.3, 0.4) is 0 Å². The quantitative estimate of drug-likeness (QED) is 0.488. The number of hydrogen-bond donors (Lipinski definition) is 3. The third-order valence-electron chi connectivity index (χ3n) is 2.41. The molecule has 4 N–H and O–H groups in total. The van der Waals surface area contributed by atoms with Gasteiger partial charge in [-0.1, -0.05) is 0 Å². The molecule has 9 nitrogen and oxygen atoms in total. The Morgan fingerprint density at radius 1 is 1.43 bits per heavy atom. The maximum atomic E-state index is 13.1. The van der Waals surface area contributed by atoms with E-state index in [9.17, 15) is 28.9 Å². The minimum Gasteiger partial charge on any atom is -0.480 e. The number of nitro benzene ring substituents is 1. The molecule has 0 aliphatic rings. The van der Waals surface area contributed by atoms with Gasteiger partial charge in [-0.3, -0.25) is 19.7 Å². The van der Waals surface area contributed by atoms with Crippen LogP contribution >= 0.6 is 0 Å². The molecule has 0 aliphatic carbocycles. The molecule has 10 heteroatoms. The van der Waals surface area contributed by atoms with Crippen LogP contribution in [0.15, 0.2) is 18.2 Å². The minimum atomic E-state index is -1.58. The van der Waals surface area contributed by atoms with Crippen LogP contribution in [0, 0.1) is 15.9 Å². The number of halogens is 1. The third kappa shape index (κ3) is 4.23. The molecular weight excluding hydrogens is 289 g/mol. The molecule has 2 amide bonds. The van der Waals surface area contributed by atoms with Crippen LogP contribution in [0.4, 0.5) is 10.1 Å². The van der Waals surface area contributed by atoms with E-state index < -0.39 is 46.7 Å². The number of aliphatic carboxylic acids is 1. The number of nitrogens with two attached hydrogens (primary N) is 1. The lowest BCUT2D eigenvalue weighted by Gasteiger charge is -2.12. The normalized spacial score (nSPS) is 11.5. The Morgan fingerprint density at radius 3 is 2.52 bits per heavy atom. The summed E-state index contributed by atoms with van der Waals surface area (Å²) in [5, 5.41) is 21.3. The summed E-state index contributed by atoms with van der Waals surface area (Å²) < 4.78 is 13.1. The second-order valence-corrected chi connectivity index (χ2v) is 3.96. The summed E-state index contributed by atoms with van der Waals surface area (Å²) in [7, 11) is 0. The standard InChI is InChI=1S/C11H10FN3O6/c12-6-2-1-5(3-8(6)15(20)21)10(17)14-7(11(18)19)4-9(13)16/h1-3,7H,4H2,(H2,13,16)(H,14,17)(H,18,19).